The van der Waals surface area contributed by atoms with E-state index in [1.807, 2.05) is 39.0 Å². The van der Waals surface area contributed by atoms with E-state index in [1.165, 1.54) is 5.56 Å². The molecule has 5 nitrogen and oxygen atoms in total. The van der Waals surface area contributed by atoms with Gasteiger partial charge in [0.2, 0.25) is 0 Å². The molecule has 5 heteroatoms. The van der Waals surface area contributed by atoms with E-state index >= 15 is 0 Å². The number of aliphatic carboxylic acids is 1. The number of carbonyl (C=O) groups is 2. The Hall–Kier alpha value is -2.04. The fraction of sp³-hybridized carbons (Fsp3) is 0.600. The molecule has 0 radical (unpaired) electrons. The molecule has 0 saturated carbocycles. The van der Waals surface area contributed by atoms with Gasteiger partial charge in [0.05, 0.1) is 5.41 Å². The molecule has 25 heavy (non-hydrogen) atoms. The molecule has 1 atom stereocenters. The standard InChI is InChI=1S/C20H29NO4/c1-19(2,3)25-18(24)21-14-8-13-20(15-21,17(22)23)12-7-11-16-9-5-4-6-10-16/h4-6,9-10H,7-8,11-15H2,1-3H3,(H,22,23). The predicted octanol–water partition coefficient (Wildman–Crippen LogP) is 4.11. The third kappa shape index (κ3) is 5.48. The summed E-state index contributed by atoms with van der Waals surface area (Å²) in [5, 5.41) is 9.84. The van der Waals surface area contributed by atoms with Crippen molar-refractivity contribution in [1.82, 2.24) is 4.90 Å². The zero-order chi connectivity index (χ0) is 18.5. The average Bonchev–Trinajstić information content (AvgIpc) is 2.54. The molecule has 0 aliphatic carbocycles. The number of carboxylic acid groups (broad SMARTS) is 1. The summed E-state index contributed by atoms with van der Waals surface area (Å²) in [6, 6.07) is 10.1. The summed E-state index contributed by atoms with van der Waals surface area (Å²) < 4.78 is 5.42. The fourth-order valence-corrected chi connectivity index (χ4v) is 3.38. The number of rotatable bonds is 5. The van der Waals surface area contributed by atoms with Crippen molar-refractivity contribution in [3.8, 4) is 0 Å². The number of piperidine rings is 1. The number of carbonyl (C=O) groups excluding carboxylic acids is 1. The highest BCUT2D eigenvalue weighted by Crippen LogP contribution is 2.36. The van der Waals surface area contributed by atoms with Gasteiger partial charge in [0.1, 0.15) is 5.60 Å². The van der Waals surface area contributed by atoms with Gasteiger partial charge in [0.15, 0.2) is 0 Å². The van der Waals surface area contributed by atoms with E-state index < -0.39 is 23.1 Å². The van der Waals surface area contributed by atoms with Crippen LogP contribution in [-0.4, -0.2) is 40.8 Å². The van der Waals surface area contributed by atoms with Gasteiger partial charge in [-0.25, -0.2) is 4.79 Å². The Bertz CT molecular complexity index is 593. The minimum absolute atomic E-state index is 0.228. The summed E-state index contributed by atoms with van der Waals surface area (Å²) >= 11 is 0. The normalized spacial score (nSPS) is 21.0. The predicted molar refractivity (Wildman–Crippen MR) is 96.5 cm³/mol. The number of nitrogens with zero attached hydrogens (tertiary/aromatic N) is 1. The molecule has 0 bridgehead atoms. The number of ether oxygens (including phenoxy) is 1. The van der Waals surface area contributed by atoms with Gasteiger partial charge in [-0.1, -0.05) is 30.3 Å². The summed E-state index contributed by atoms with van der Waals surface area (Å²) in [5.41, 5.74) is -0.236. The number of carboxylic acids is 1. The maximum atomic E-state index is 12.3. The second kappa shape index (κ2) is 7.89. The zero-order valence-electron chi connectivity index (χ0n) is 15.5. The minimum Gasteiger partial charge on any atom is -0.481 e. The number of likely N-dealkylation sites (tertiary alicyclic amines) is 1. The molecule has 1 aromatic rings. The highest BCUT2D eigenvalue weighted by Gasteiger charge is 2.43. The van der Waals surface area contributed by atoms with Gasteiger partial charge in [-0.15, -0.1) is 0 Å². The molecule has 0 aromatic heterocycles. The highest BCUT2D eigenvalue weighted by atomic mass is 16.6. The Kier molecular flexibility index (Phi) is 6.09. The molecular formula is C20H29NO4. The van der Waals surface area contributed by atoms with E-state index in [4.69, 9.17) is 4.74 Å². The Balaban J connectivity index is 2.00. The first-order valence-electron chi connectivity index (χ1n) is 8.97. The van der Waals surface area contributed by atoms with Crippen molar-refractivity contribution in [1.29, 1.82) is 0 Å². The molecule has 1 aliphatic rings. The third-order valence-corrected chi connectivity index (χ3v) is 4.65. The quantitative estimate of drug-likeness (QED) is 0.870. The van der Waals surface area contributed by atoms with Gasteiger partial charge >= 0.3 is 12.1 Å². The van der Waals surface area contributed by atoms with Gasteiger partial charge in [0, 0.05) is 13.1 Å². The van der Waals surface area contributed by atoms with Crippen molar-refractivity contribution in [3.05, 3.63) is 35.9 Å². The molecule has 2 rings (SSSR count). The topological polar surface area (TPSA) is 66.8 Å². The lowest BCUT2D eigenvalue weighted by Gasteiger charge is -2.40. The number of aryl methyl sites for hydroxylation is 1. The van der Waals surface area contributed by atoms with E-state index in [0.29, 0.717) is 25.8 Å². The maximum Gasteiger partial charge on any atom is 0.410 e. The van der Waals surface area contributed by atoms with Crippen LogP contribution < -0.4 is 0 Å². The largest absolute Gasteiger partial charge is 0.481 e. The summed E-state index contributed by atoms with van der Waals surface area (Å²) in [4.78, 5) is 25.9. The van der Waals surface area contributed by atoms with Crippen LogP contribution in [0.3, 0.4) is 0 Å². The molecule has 1 aliphatic heterocycles. The lowest BCUT2D eigenvalue weighted by Crippen LogP contribution is -2.51. The van der Waals surface area contributed by atoms with E-state index in [0.717, 1.165) is 12.8 Å². The van der Waals surface area contributed by atoms with Gasteiger partial charge < -0.3 is 14.7 Å². The van der Waals surface area contributed by atoms with Crippen LogP contribution in [-0.2, 0) is 16.0 Å². The highest BCUT2D eigenvalue weighted by molar-refractivity contribution is 5.77. The van der Waals surface area contributed by atoms with Crippen molar-refractivity contribution in [2.24, 2.45) is 5.41 Å². The van der Waals surface area contributed by atoms with E-state index in [9.17, 15) is 14.7 Å². The molecule has 0 spiro atoms. The lowest BCUT2D eigenvalue weighted by atomic mass is 9.75. The molecule has 1 amide bonds. The first kappa shape index (κ1) is 19.3. The Labute approximate surface area is 150 Å². The van der Waals surface area contributed by atoms with E-state index in [2.05, 4.69) is 12.1 Å². The van der Waals surface area contributed by atoms with Crippen LogP contribution in [0.15, 0.2) is 30.3 Å². The molecule has 1 unspecified atom stereocenters. The molecule has 1 saturated heterocycles. The summed E-state index contributed by atoms with van der Waals surface area (Å²) in [6.45, 7) is 6.24. The van der Waals surface area contributed by atoms with Crippen LogP contribution in [0, 0.1) is 5.41 Å². The smallest absolute Gasteiger partial charge is 0.410 e. The van der Waals surface area contributed by atoms with Crippen molar-refractivity contribution < 1.29 is 19.4 Å². The van der Waals surface area contributed by atoms with Gasteiger partial charge in [-0.05, 0) is 58.4 Å². The molecule has 1 fully saturated rings. The van der Waals surface area contributed by atoms with Crippen LogP contribution in [0.4, 0.5) is 4.79 Å². The van der Waals surface area contributed by atoms with E-state index in [-0.39, 0.29) is 6.54 Å². The van der Waals surface area contributed by atoms with Crippen LogP contribution in [0.2, 0.25) is 0 Å². The number of hydrogen-bond acceptors (Lipinski definition) is 3. The van der Waals surface area contributed by atoms with Gasteiger partial charge in [-0.2, -0.15) is 0 Å². The van der Waals surface area contributed by atoms with Crippen LogP contribution >= 0.6 is 0 Å². The van der Waals surface area contributed by atoms with Crippen LogP contribution in [0.1, 0.15) is 52.0 Å². The van der Waals surface area contributed by atoms with Crippen LogP contribution in [0.25, 0.3) is 0 Å². The molecule has 1 N–H and O–H groups in total. The molecular weight excluding hydrogens is 318 g/mol. The molecule has 1 aromatic carbocycles. The Morgan fingerprint density at radius 3 is 2.52 bits per heavy atom. The summed E-state index contributed by atoms with van der Waals surface area (Å²) in [7, 11) is 0. The summed E-state index contributed by atoms with van der Waals surface area (Å²) in [5.74, 6) is -0.811. The SMILES string of the molecule is CC(C)(C)OC(=O)N1CCCC(CCCc2ccccc2)(C(=O)O)C1. The van der Waals surface area contributed by atoms with Crippen molar-refractivity contribution in [2.75, 3.05) is 13.1 Å². The first-order chi connectivity index (χ1) is 11.7. The first-order valence-corrected chi connectivity index (χ1v) is 8.97. The number of hydrogen-bond donors (Lipinski definition) is 1. The fourth-order valence-electron chi connectivity index (χ4n) is 3.38. The average molecular weight is 347 g/mol. The molecule has 138 valence electrons. The van der Waals surface area contributed by atoms with Crippen molar-refractivity contribution >= 4 is 12.1 Å². The van der Waals surface area contributed by atoms with E-state index in [1.54, 1.807) is 4.90 Å². The second-order valence-corrected chi connectivity index (χ2v) is 7.93. The summed E-state index contributed by atoms with van der Waals surface area (Å²) in [6.07, 6.45) is 3.09. The number of amides is 1. The minimum atomic E-state index is -0.871. The van der Waals surface area contributed by atoms with Gasteiger partial charge in [-0.3, -0.25) is 4.79 Å². The van der Waals surface area contributed by atoms with Crippen molar-refractivity contribution in [2.45, 2.75) is 58.5 Å². The Morgan fingerprint density at radius 1 is 1.24 bits per heavy atom. The lowest BCUT2D eigenvalue weighted by molar-refractivity contribution is -0.152. The molecule has 1 heterocycles. The number of benzene rings is 1. The Morgan fingerprint density at radius 2 is 1.92 bits per heavy atom. The van der Waals surface area contributed by atoms with Crippen LogP contribution in [0.5, 0.6) is 0 Å². The second-order valence-electron chi connectivity index (χ2n) is 7.93. The van der Waals surface area contributed by atoms with Gasteiger partial charge in [0.25, 0.3) is 0 Å². The monoisotopic (exact) mass is 347 g/mol. The van der Waals surface area contributed by atoms with Crippen molar-refractivity contribution in [3.63, 3.8) is 0 Å². The maximum absolute atomic E-state index is 12.3. The zero-order valence-corrected chi connectivity index (χ0v) is 15.5. The third-order valence-electron chi connectivity index (χ3n) is 4.65.